The van der Waals surface area contributed by atoms with Gasteiger partial charge in [0, 0.05) is 43.3 Å². The van der Waals surface area contributed by atoms with Crippen LogP contribution in [0.3, 0.4) is 0 Å². The highest BCUT2D eigenvalue weighted by molar-refractivity contribution is 5.93. The third-order valence-electron chi connectivity index (χ3n) is 5.78. The number of hydrogen-bond acceptors (Lipinski definition) is 7. The van der Waals surface area contributed by atoms with Crippen LogP contribution in [0.5, 0.6) is 5.88 Å². The molecule has 0 radical (unpaired) electrons. The first-order chi connectivity index (χ1) is 15.3. The zero-order chi connectivity index (χ0) is 21.0. The molecule has 0 spiro atoms. The van der Waals surface area contributed by atoms with E-state index in [-0.39, 0.29) is 11.7 Å². The number of nitrogens with one attached hydrogen (secondary N) is 3. The summed E-state index contributed by atoms with van der Waals surface area (Å²) in [6.45, 7) is 5.12. The molecule has 1 atom stereocenters. The molecule has 4 heterocycles. The Labute approximate surface area is 180 Å². The van der Waals surface area contributed by atoms with Crippen molar-refractivity contribution in [3.63, 3.8) is 0 Å². The van der Waals surface area contributed by atoms with Gasteiger partial charge < -0.3 is 30.0 Å². The summed E-state index contributed by atoms with van der Waals surface area (Å²) >= 11 is 0. The average Bonchev–Trinajstić information content (AvgIpc) is 2.81. The summed E-state index contributed by atoms with van der Waals surface area (Å²) < 4.78 is 11.6. The number of fused-ring (bicyclic) bond motifs is 1. The third-order valence-corrected chi connectivity index (χ3v) is 5.78. The Morgan fingerprint density at radius 1 is 1.16 bits per heavy atom. The normalized spacial score (nSPS) is 19.4. The van der Waals surface area contributed by atoms with E-state index in [1.165, 1.54) is 0 Å². The number of ether oxygens (including phenoxy) is 2. The molecule has 3 aromatic rings. The van der Waals surface area contributed by atoms with E-state index in [9.17, 15) is 4.79 Å². The molecule has 0 saturated carbocycles. The van der Waals surface area contributed by atoms with Gasteiger partial charge in [0.15, 0.2) is 0 Å². The highest BCUT2D eigenvalue weighted by Gasteiger charge is 2.17. The number of anilines is 3. The van der Waals surface area contributed by atoms with E-state index in [0.717, 1.165) is 69.0 Å². The van der Waals surface area contributed by atoms with Crippen LogP contribution in [0.1, 0.15) is 12.8 Å². The van der Waals surface area contributed by atoms with E-state index in [4.69, 9.17) is 9.47 Å². The van der Waals surface area contributed by atoms with E-state index in [2.05, 4.69) is 37.6 Å². The topological polar surface area (TPSA) is 91.5 Å². The maximum atomic E-state index is 12.5. The second-order valence-corrected chi connectivity index (χ2v) is 7.94. The Kier molecular flexibility index (Phi) is 5.73. The van der Waals surface area contributed by atoms with Gasteiger partial charge in [-0.05, 0) is 55.1 Å². The van der Waals surface area contributed by atoms with Crippen LogP contribution in [0.15, 0.2) is 47.4 Å². The van der Waals surface area contributed by atoms with Crippen molar-refractivity contribution < 1.29 is 9.47 Å². The number of aromatic amines is 1. The van der Waals surface area contributed by atoms with Gasteiger partial charge in [0.1, 0.15) is 11.9 Å². The number of aromatic nitrogens is 2. The first-order valence-electron chi connectivity index (χ1n) is 10.9. The maximum Gasteiger partial charge on any atom is 0.259 e. The quantitative estimate of drug-likeness (QED) is 0.583. The van der Waals surface area contributed by atoms with Crippen molar-refractivity contribution in [1.82, 2.24) is 15.3 Å². The minimum atomic E-state index is -0.177. The van der Waals surface area contributed by atoms with Gasteiger partial charge in [-0.3, -0.25) is 4.79 Å². The summed E-state index contributed by atoms with van der Waals surface area (Å²) in [6, 6.07) is 11.9. The van der Waals surface area contributed by atoms with Gasteiger partial charge in [0.25, 0.3) is 5.56 Å². The maximum absolute atomic E-state index is 12.5. The van der Waals surface area contributed by atoms with Crippen LogP contribution in [0.4, 0.5) is 17.2 Å². The first-order valence-corrected chi connectivity index (χ1v) is 10.9. The Morgan fingerprint density at radius 3 is 2.77 bits per heavy atom. The van der Waals surface area contributed by atoms with Crippen molar-refractivity contribution in [2.45, 2.75) is 18.9 Å². The zero-order valence-corrected chi connectivity index (χ0v) is 17.4. The average molecular weight is 422 g/mol. The van der Waals surface area contributed by atoms with Crippen LogP contribution in [0, 0.1) is 0 Å². The zero-order valence-electron chi connectivity index (χ0n) is 17.4. The Balaban J connectivity index is 1.42. The predicted octanol–water partition coefficient (Wildman–Crippen LogP) is 2.63. The van der Waals surface area contributed by atoms with Crippen LogP contribution in [0.25, 0.3) is 10.8 Å². The number of rotatable bonds is 5. The molecule has 1 aromatic carbocycles. The van der Waals surface area contributed by atoms with Gasteiger partial charge in [-0.2, -0.15) is 4.98 Å². The summed E-state index contributed by atoms with van der Waals surface area (Å²) in [6.07, 6.45) is 3.81. The van der Waals surface area contributed by atoms with Crippen LogP contribution < -0.4 is 25.8 Å². The van der Waals surface area contributed by atoms with Crippen LogP contribution in [0.2, 0.25) is 0 Å². The SMILES string of the molecule is O=c1[nH]ccc2cc(OC3CCCNC3)nc(Nc3ccc(N4CCOCC4)cc3)c12. The largest absolute Gasteiger partial charge is 0.473 e. The fourth-order valence-corrected chi connectivity index (χ4v) is 4.15. The molecule has 0 aliphatic carbocycles. The number of pyridine rings is 2. The molecular weight excluding hydrogens is 394 g/mol. The molecule has 2 aromatic heterocycles. The molecule has 0 bridgehead atoms. The molecule has 8 heteroatoms. The lowest BCUT2D eigenvalue weighted by Crippen LogP contribution is -2.37. The first kappa shape index (κ1) is 19.8. The van der Waals surface area contributed by atoms with Crippen molar-refractivity contribution in [3.05, 3.63) is 52.9 Å². The molecule has 0 amide bonds. The molecule has 162 valence electrons. The second kappa shape index (κ2) is 8.95. The van der Waals surface area contributed by atoms with Crippen molar-refractivity contribution in [2.24, 2.45) is 0 Å². The number of benzene rings is 1. The molecule has 2 fully saturated rings. The van der Waals surface area contributed by atoms with Gasteiger partial charge in [0.2, 0.25) is 5.88 Å². The summed E-state index contributed by atoms with van der Waals surface area (Å²) in [5.74, 6) is 1.02. The van der Waals surface area contributed by atoms with E-state index in [1.807, 2.05) is 24.3 Å². The number of H-pyrrole nitrogens is 1. The lowest BCUT2D eigenvalue weighted by molar-refractivity contribution is 0.122. The molecule has 2 aliphatic rings. The third kappa shape index (κ3) is 4.50. The lowest BCUT2D eigenvalue weighted by Gasteiger charge is -2.29. The van der Waals surface area contributed by atoms with E-state index >= 15 is 0 Å². The van der Waals surface area contributed by atoms with Gasteiger partial charge in [-0.25, -0.2) is 0 Å². The second-order valence-electron chi connectivity index (χ2n) is 7.94. The summed E-state index contributed by atoms with van der Waals surface area (Å²) in [5, 5.41) is 8.00. The van der Waals surface area contributed by atoms with Crippen molar-refractivity contribution in [1.29, 1.82) is 0 Å². The molecule has 5 rings (SSSR count). The Bertz CT molecular complexity index is 1090. The fraction of sp³-hybridized carbons (Fsp3) is 0.391. The van der Waals surface area contributed by atoms with Crippen LogP contribution in [-0.2, 0) is 4.74 Å². The number of morpholine rings is 1. The molecule has 8 nitrogen and oxygen atoms in total. The lowest BCUT2D eigenvalue weighted by atomic mass is 10.1. The van der Waals surface area contributed by atoms with Crippen LogP contribution in [-0.4, -0.2) is 55.5 Å². The van der Waals surface area contributed by atoms with Gasteiger partial charge in [-0.15, -0.1) is 0 Å². The fourth-order valence-electron chi connectivity index (χ4n) is 4.15. The molecule has 31 heavy (non-hydrogen) atoms. The highest BCUT2D eigenvalue weighted by Crippen LogP contribution is 2.28. The standard InChI is InChI=1S/C23H27N5O3/c29-23-21-16(7-9-25-23)14-20(31-19-2-1-8-24-15-19)27-22(21)26-17-3-5-18(6-4-17)28-10-12-30-13-11-28/h3-7,9,14,19,24H,1-2,8,10-13,15H2,(H,25,29)(H,26,27). The van der Waals surface area contributed by atoms with E-state index < -0.39 is 0 Å². The number of nitrogens with zero attached hydrogens (tertiary/aromatic N) is 2. The van der Waals surface area contributed by atoms with Gasteiger partial charge in [-0.1, -0.05) is 0 Å². The smallest absolute Gasteiger partial charge is 0.259 e. The molecular formula is C23H27N5O3. The van der Waals surface area contributed by atoms with Crippen molar-refractivity contribution in [2.75, 3.05) is 49.6 Å². The van der Waals surface area contributed by atoms with Crippen LogP contribution >= 0.6 is 0 Å². The Morgan fingerprint density at radius 2 is 2.00 bits per heavy atom. The molecule has 1 unspecified atom stereocenters. The summed E-state index contributed by atoms with van der Waals surface area (Å²) in [7, 11) is 0. The summed E-state index contributed by atoms with van der Waals surface area (Å²) in [4.78, 5) is 22.3. The monoisotopic (exact) mass is 421 g/mol. The predicted molar refractivity (Wildman–Crippen MR) is 122 cm³/mol. The number of hydrogen-bond donors (Lipinski definition) is 3. The number of piperidine rings is 1. The van der Waals surface area contributed by atoms with Crippen molar-refractivity contribution >= 4 is 28.0 Å². The molecule has 3 N–H and O–H groups in total. The minimum absolute atomic E-state index is 0.0846. The molecule has 2 saturated heterocycles. The van der Waals surface area contributed by atoms with Crippen molar-refractivity contribution in [3.8, 4) is 5.88 Å². The summed E-state index contributed by atoms with van der Waals surface area (Å²) in [5.41, 5.74) is 1.85. The minimum Gasteiger partial charge on any atom is -0.473 e. The van der Waals surface area contributed by atoms with E-state index in [1.54, 1.807) is 6.20 Å². The van der Waals surface area contributed by atoms with Gasteiger partial charge in [0.05, 0.1) is 18.6 Å². The molecule has 2 aliphatic heterocycles. The van der Waals surface area contributed by atoms with E-state index in [0.29, 0.717) is 17.1 Å². The highest BCUT2D eigenvalue weighted by atomic mass is 16.5. The Hall–Kier alpha value is -3.10. The van der Waals surface area contributed by atoms with Gasteiger partial charge >= 0.3 is 0 Å².